The molecule has 2 saturated heterocycles. The lowest BCUT2D eigenvalue weighted by Crippen LogP contribution is -2.74. The molecular weight excluding hydrogens is 527 g/mol. The Morgan fingerprint density at radius 2 is 1.68 bits per heavy atom. The number of hydrogen-bond donors (Lipinski definition) is 0. The van der Waals surface area contributed by atoms with Crippen LogP contribution in [-0.2, 0) is 9.53 Å². The summed E-state index contributed by atoms with van der Waals surface area (Å²) in [7, 11) is 0. The molecule has 0 saturated carbocycles. The first-order valence-electron chi connectivity index (χ1n) is 10.5. The molecule has 2 aromatic rings. The van der Waals surface area contributed by atoms with Crippen LogP contribution in [0.2, 0.25) is 5.02 Å². The van der Waals surface area contributed by atoms with E-state index in [0.29, 0.717) is 37.9 Å². The Kier molecular flexibility index (Phi) is 5.70. The summed E-state index contributed by atoms with van der Waals surface area (Å²) in [5.41, 5.74) is 1.90. The fourth-order valence-electron chi connectivity index (χ4n) is 5.05. The number of halogens is 2. The van der Waals surface area contributed by atoms with Gasteiger partial charge in [0.05, 0.1) is 18.9 Å². The average Bonchev–Trinajstić information content (AvgIpc) is 3.10. The molecule has 1 amide bonds. The lowest BCUT2D eigenvalue weighted by atomic mass is 9.80. The van der Waals surface area contributed by atoms with Gasteiger partial charge >= 0.3 is 0 Å². The Balaban J connectivity index is 1.64. The number of piperidine rings is 1. The topological polar surface area (TPSA) is 48.4 Å². The zero-order valence-electron chi connectivity index (χ0n) is 17.3. The van der Waals surface area contributed by atoms with E-state index in [1.165, 1.54) is 0 Å². The maximum atomic E-state index is 14.4. The number of rotatable bonds is 3. The number of benzene rings is 2. The summed E-state index contributed by atoms with van der Waals surface area (Å²) in [6.45, 7) is 5.32. The molecule has 3 aliphatic heterocycles. The number of ether oxygens (including phenoxy) is 1. The lowest BCUT2D eigenvalue weighted by molar-refractivity contribution is -0.139. The van der Waals surface area contributed by atoms with Crippen molar-refractivity contribution in [2.75, 3.05) is 42.8 Å². The van der Waals surface area contributed by atoms with Crippen molar-refractivity contribution < 1.29 is 9.53 Å². The van der Waals surface area contributed by atoms with Crippen LogP contribution in [0.15, 0.2) is 53.6 Å². The minimum atomic E-state index is -0.900. The smallest absolute Gasteiger partial charge is 0.270 e. The highest BCUT2D eigenvalue weighted by Crippen LogP contribution is 2.46. The zero-order valence-corrected chi connectivity index (χ0v) is 20.2. The number of anilines is 2. The van der Waals surface area contributed by atoms with E-state index < -0.39 is 5.66 Å². The fourth-order valence-corrected chi connectivity index (χ4v) is 5.53. The number of nitrogens with zero attached hydrogens (tertiary/aromatic N) is 4. The summed E-state index contributed by atoms with van der Waals surface area (Å²) >= 11 is 8.44. The molecule has 2 atom stereocenters. The maximum Gasteiger partial charge on any atom is 0.270 e. The standard InChI is InChI=1S/C23H24ClIN4O2/c1-16-21-10-11-28(19-8-4-18(25)5-9-19)22(30)23(21,27-12-14-31-15-13-27)29(26-16)20-6-2-17(24)3-7-20/h2-9,21H,10-15H2,1H3/t21-,23+/m0/s1. The minimum absolute atomic E-state index is 0.0221. The van der Waals surface area contributed by atoms with Gasteiger partial charge in [-0.2, -0.15) is 5.10 Å². The molecule has 0 N–H and O–H groups in total. The van der Waals surface area contributed by atoms with Gasteiger partial charge in [-0.05, 0) is 84.5 Å². The van der Waals surface area contributed by atoms with Crippen molar-refractivity contribution in [2.45, 2.75) is 19.0 Å². The number of hydrazone groups is 1. The molecule has 5 rings (SSSR count). The van der Waals surface area contributed by atoms with E-state index >= 15 is 0 Å². The summed E-state index contributed by atoms with van der Waals surface area (Å²) in [4.78, 5) is 18.6. The van der Waals surface area contributed by atoms with Gasteiger partial charge in [-0.25, -0.2) is 5.01 Å². The van der Waals surface area contributed by atoms with Gasteiger partial charge in [0, 0.05) is 45.5 Å². The summed E-state index contributed by atoms with van der Waals surface area (Å²) in [5.74, 6) is 0.0938. The predicted molar refractivity (Wildman–Crippen MR) is 132 cm³/mol. The van der Waals surface area contributed by atoms with Crippen LogP contribution in [0.25, 0.3) is 0 Å². The van der Waals surface area contributed by atoms with E-state index in [2.05, 4.69) is 27.5 Å². The Labute approximate surface area is 200 Å². The third-order valence-electron chi connectivity index (χ3n) is 6.47. The largest absolute Gasteiger partial charge is 0.379 e. The van der Waals surface area contributed by atoms with Crippen LogP contribution in [0.3, 0.4) is 0 Å². The Bertz CT molecular complexity index is 1010. The molecule has 2 fully saturated rings. The van der Waals surface area contributed by atoms with E-state index in [1.807, 2.05) is 65.4 Å². The summed E-state index contributed by atoms with van der Waals surface area (Å²) in [6.07, 6.45) is 0.856. The van der Waals surface area contributed by atoms with Crippen molar-refractivity contribution in [1.82, 2.24) is 4.90 Å². The third kappa shape index (κ3) is 3.46. The van der Waals surface area contributed by atoms with Crippen LogP contribution in [0.5, 0.6) is 0 Å². The number of hydrogen-bond acceptors (Lipinski definition) is 5. The van der Waals surface area contributed by atoms with Gasteiger partial charge in [0.15, 0.2) is 0 Å². The van der Waals surface area contributed by atoms with E-state index in [1.54, 1.807) is 0 Å². The number of carbonyl (C=O) groups is 1. The molecule has 0 spiro atoms. The normalized spacial score (nSPS) is 26.7. The van der Waals surface area contributed by atoms with Gasteiger partial charge in [-0.1, -0.05) is 11.6 Å². The van der Waals surface area contributed by atoms with Gasteiger partial charge in [0.25, 0.3) is 5.91 Å². The molecule has 3 aliphatic rings. The van der Waals surface area contributed by atoms with Gasteiger partial charge < -0.3 is 9.64 Å². The van der Waals surface area contributed by atoms with Crippen LogP contribution in [0.1, 0.15) is 13.3 Å². The van der Waals surface area contributed by atoms with E-state index in [0.717, 1.165) is 27.1 Å². The molecule has 162 valence electrons. The van der Waals surface area contributed by atoms with Gasteiger partial charge in [0.2, 0.25) is 5.66 Å². The molecule has 0 aromatic heterocycles. The van der Waals surface area contributed by atoms with Crippen molar-refractivity contribution in [1.29, 1.82) is 0 Å². The number of fused-ring (bicyclic) bond motifs is 1. The number of amides is 1. The lowest BCUT2D eigenvalue weighted by Gasteiger charge is -2.53. The van der Waals surface area contributed by atoms with Crippen molar-refractivity contribution in [3.05, 3.63) is 57.1 Å². The first kappa shape index (κ1) is 21.2. The quantitative estimate of drug-likeness (QED) is 0.537. The van der Waals surface area contributed by atoms with E-state index in [9.17, 15) is 4.79 Å². The van der Waals surface area contributed by atoms with Crippen molar-refractivity contribution in [3.8, 4) is 0 Å². The molecule has 0 aliphatic carbocycles. The molecule has 0 bridgehead atoms. The van der Waals surface area contributed by atoms with E-state index in [-0.39, 0.29) is 11.8 Å². The molecule has 0 radical (unpaired) electrons. The van der Waals surface area contributed by atoms with Crippen LogP contribution in [0.4, 0.5) is 11.4 Å². The van der Waals surface area contributed by atoms with Crippen molar-refractivity contribution in [3.63, 3.8) is 0 Å². The molecular formula is C23H24ClIN4O2. The monoisotopic (exact) mass is 550 g/mol. The highest BCUT2D eigenvalue weighted by molar-refractivity contribution is 14.1. The predicted octanol–water partition coefficient (Wildman–Crippen LogP) is 4.22. The SMILES string of the molecule is CC1=NN(c2ccc(Cl)cc2)[C@@]2(N3CCOCC3)C(=O)N(c3ccc(I)cc3)CC[C@@H]12. The Morgan fingerprint density at radius 3 is 2.35 bits per heavy atom. The van der Waals surface area contributed by atoms with Gasteiger partial charge in [-0.15, -0.1) is 0 Å². The molecule has 3 heterocycles. The third-order valence-corrected chi connectivity index (χ3v) is 7.45. The van der Waals surface area contributed by atoms with E-state index in [4.69, 9.17) is 21.4 Å². The second-order valence-electron chi connectivity index (χ2n) is 8.13. The first-order chi connectivity index (χ1) is 15.0. The summed E-state index contributed by atoms with van der Waals surface area (Å²) in [6, 6.07) is 15.7. The van der Waals surface area contributed by atoms with Gasteiger partial charge in [-0.3, -0.25) is 9.69 Å². The molecule has 2 aromatic carbocycles. The second-order valence-corrected chi connectivity index (χ2v) is 9.81. The molecule has 8 heteroatoms. The maximum absolute atomic E-state index is 14.4. The fraction of sp³-hybridized carbons (Fsp3) is 0.391. The average molecular weight is 551 g/mol. The van der Waals surface area contributed by atoms with Crippen LogP contribution >= 0.6 is 34.2 Å². The van der Waals surface area contributed by atoms with Crippen molar-refractivity contribution in [2.24, 2.45) is 11.0 Å². The van der Waals surface area contributed by atoms with Gasteiger partial charge in [0.1, 0.15) is 0 Å². The second kappa shape index (κ2) is 8.35. The van der Waals surface area contributed by atoms with Crippen LogP contribution < -0.4 is 9.91 Å². The van der Waals surface area contributed by atoms with Crippen molar-refractivity contribution >= 4 is 57.2 Å². The molecule has 31 heavy (non-hydrogen) atoms. The molecule has 0 unspecified atom stereocenters. The number of carbonyl (C=O) groups excluding carboxylic acids is 1. The first-order valence-corrected chi connectivity index (χ1v) is 12.0. The molecule has 6 nitrogen and oxygen atoms in total. The zero-order chi connectivity index (χ0) is 21.6. The highest BCUT2D eigenvalue weighted by Gasteiger charge is 2.63. The Hall–Kier alpha value is -1.68. The van der Waals surface area contributed by atoms with Crippen LogP contribution in [0, 0.1) is 9.49 Å². The summed E-state index contributed by atoms with van der Waals surface area (Å²) < 4.78 is 6.79. The highest BCUT2D eigenvalue weighted by atomic mass is 127. The summed E-state index contributed by atoms with van der Waals surface area (Å²) in [5, 5.41) is 7.55. The Morgan fingerprint density at radius 1 is 1.03 bits per heavy atom. The minimum Gasteiger partial charge on any atom is -0.379 e. The number of morpholine rings is 1. The van der Waals surface area contributed by atoms with Crippen LogP contribution in [-0.4, -0.2) is 55.0 Å².